The topological polar surface area (TPSA) is 580 Å². The lowest BCUT2D eigenvalue weighted by atomic mass is 10.2. The van der Waals surface area contributed by atoms with Gasteiger partial charge in [0.2, 0.25) is 11.9 Å². The van der Waals surface area contributed by atoms with Crippen LogP contribution in [-0.2, 0) is 68.9 Å². The number of rotatable bonds is 22. The van der Waals surface area contributed by atoms with E-state index in [0.717, 1.165) is 27.9 Å². The van der Waals surface area contributed by atoms with Crippen LogP contribution >= 0.6 is 31.3 Å². The zero-order valence-corrected chi connectivity index (χ0v) is 47.2. The number of phosphoric acid groups is 4. The predicted molar refractivity (Wildman–Crippen MR) is 277 cm³/mol. The first-order valence-corrected chi connectivity index (χ1v) is 31.0. The number of nitrogen functional groups attached to an aromatic ring is 2. The number of nitrogens with one attached hydrogen (secondary N) is 4. The van der Waals surface area contributed by atoms with Gasteiger partial charge < -0.3 is 60.0 Å². The summed E-state index contributed by atoms with van der Waals surface area (Å²) in [5.41, 5.74) is 6.15. The fraction of sp³-hybridized carbons (Fsp3) is 0.550. The highest BCUT2D eigenvalue weighted by Gasteiger charge is 2.49. The van der Waals surface area contributed by atoms with Gasteiger partial charge >= 0.3 is 42.7 Å². The Bertz CT molecular complexity index is 4100. The molecule has 4 saturated heterocycles. The van der Waals surface area contributed by atoms with Gasteiger partial charge in [0, 0.05) is 49.2 Å². The molecule has 4 aliphatic rings. The number of fused-ring (bicyclic) bond motifs is 2. The SMILES string of the molecule is Cc1cn(C2CC(OP(=O)(O)OCC3OC(n4cnc5c(=O)[nH]c(N)nc54)CC3OP(=O)(O)OCC3OC(n4cc(C)c(=O)[nH]c4=O)CC3OP(=O)(O)OCC3OC(n4cnc5c(=O)[nH]c(N)nc54)CC3O)C(COP(=O)(O)O)O2)c(=O)[nH]c1=O. The maximum absolute atomic E-state index is 14.0. The van der Waals surface area contributed by atoms with Crippen LogP contribution in [0.2, 0.25) is 0 Å². The van der Waals surface area contributed by atoms with E-state index in [2.05, 4.69) is 39.4 Å². The van der Waals surface area contributed by atoms with E-state index < -0.39 is 184 Å². The molecule has 10 rings (SSSR count). The molecule has 0 bridgehead atoms. The molecule has 85 heavy (non-hydrogen) atoms. The number of anilines is 2. The van der Waals surface area contributed by atoms with E-state index in [1.54, 1.807) is 0 Å². The minimum Gasteiger partial charge on any atom is -0.390 e. The summed E-state index contributed by atoms with van der Waals surface area (Å²) in [6, 6.07) is 0. The molecule has 464 valence electrons. The molecule has 4 aliphatic heterocycles. The third-order valence-corrected chi connectivity index (χ3v) is 17.1. The average Bonchev–Trinajstić information content (AvgIpc) is 1.93. The number of aliphatic hydroxyl groups is 1. The quantitative estimate of drug-likeness (QED) is 0.0307. The summed E-state index contributed by atoms with van der Waals surface area (Å²) in [6.07, 6.45) is -14.8. The van der Waals surface area contributed by atoms with Gasteiger partial charge in [0.1, 0.15) is 67.6 Å². The Kier molecular flexibility index (Phi) is 17.4. The standard InChI is InChI=1S/C40H52N14O27P4/c1-15-7-51(39(60)49-33(15)56)26-4-18(22(76-26)10-71-82(62,63)64)79-84(67,68)74-12-24-20(6-28(78-24)54-14-44-30-32(54)46-38(42)48-36(30)59)81-85(69,70)73-11-23-19(5-27(77-23)52-8-16(2)34(57)50-40(52)61)80-83(65,66)72-9-21-17(55)3-25(75-21)53-13-43-29-31(53)45-37(41)47-35(29)58/h7-8,13-14,17-28,55H,3-6,9-12H2,1-2H3,(H,65,66)(H,67,68)(H,69,70)(H,49,56,60)(H,50,57,61)(H2,62,63,64)(H3,41,45,47,58)(H3,42,46,48,59). The normalized spacial score (nSPS) is 28.5. The van der Waals surface area contributed by atoms with Crippen LogP contribution in [0.3, 0.4) is 0 Å². The van der Waals surface area contributed by atoms with Crippen molar-refractivity contribution in [3.05, 3.63) is 98.6 Å². The van der Waals surface area contributed by atoms with Gasteiger partial charge in [-0.05, 0) is 13.8 Å². The van der Waals surface area contributed by atoms with Crippen LogP contribution < -0.4 is 45.1 Å². The van der Waals surface area contributed by atoms with Crippen molar-refractivity contribution >= 4 is 65.5 Å². The van der Waals surface area contributed by atoms with Crippen LogP contribution in [0.4, 0.5) is 11.9 Å². The first-order chi connectivity index (χ1) is 39.9. The predicted octanol–water partition coefficient (Wildman–Crippen LogP) is -2.74. The smallest absolute Gasteiger partial charge is 0.390 e. The van der Waals surface area contributed by atoms with Crippen molar-refractivity contribution in [1.82, 2.24) is 58.1 Å². The second kappa shape index (κ2) is 23.9. The average molecular weight is 1280 g/mol. The highest BCUT2D eigenvalue weighted by molar-refractivity contribution is 7.48. The van der Waals surface area contributed by atoms with Crippen molar-refractivity contribution in [2.45, 2.75) is 113 Å². The van der Waals surface area contributed by atoms with Gasteiger partial charge in [-0.15, -0.1) is 0 Å². The number of H-pyrrole nitrogens is 4. The van der Waals surface area contributed by atoms with Gasteiger partial charge in [0.15, 0.2) is 22.3 Å². The van der Waals surface area contributed by atoms with E-state index in [1.807, 2.05) is 4.98 Å². The number of aromatic amines is 4. The van der Waals surface area contributed by atoms with E-state index >= 15 is 0 Å². The second-order valence-electron chi connectivity index (χ2n) is 19.5. The summed E-state index contributed by atoms with van der Waals surface area (Å²) < 4.78 is 118. The highest BCUT2D eigenvalue weighted by Crippen LogP contribution is 2.54. The first kappa shape index (κ1) is 62.0. The minimum absolute atomic E-state index is 0.00947. The summed E-state index contributed by atoms with van der Waals surface area (Å²) in [6.45, 7) is -1.14. The van der Waals surface area contributed by atoms with E-state index in [0.29, 0.717) is 0 Å². The molecule has 0 radical (unpaired) electrons. The number of hydrogen-bond donors (Lipinski definition) is 12. The summed E-state index contributed by atoms with van der Waals surface area (Å²) in [5, 5.41) is 10.9. The molecule has 15 unspecified atom stereocenters. The van der Waals surface area contributed by atoms with Crippen molar-refractivity contribution in [3.8, 4) is 0 Å². The first-order valence-electron chi connectivity index (χ1n) is 24.9. The fourth-order valence-electron chi connectivity index (χ4n) is 9.62. The minimum atomic E-state index is -5.49. The summed E-state index contributed by atoms with van der Waals surface area (Å²) in [5.74, 6) is -0.595. The number of aryl methyl sites for hydroxylation is 2. The maximum atomic E-state index is 14.0. The molecule has 0 spiro atoms. The van der Waals surface area contributed by atoms with Crippen molar-refractivity contribution in [3.63, 3.8) is 0 Å². The number of nitrogens with zero attached hydrogens (tertiary/aromatic N) is 8. The van der Waals surface area contributed by atoms with Gasteiger partial charge in [-0.2, -0.15) is 9.97 Å². The van der Waals surface area contributed by atoms with Gasteiger partial charge in [0.25, 0.3) is 22.2 Å². The Balaban J connectivity index is 0.847. The maximum Gasteiger partial charge on any atom is 0.472 e. The summed E-state index contributed by atoms with van der Waals surface area (Å²) >= 11 is 0. The molecule has 0 aromatic carbocycles. The van der Waals surface area contributed by atoms with E-state index in [4.69, 9.17) is 57.6 Å². The van der Waals surface area contributed by atoms with E-state index in [-0.39, 0.29) is 51.8 Å². The number of nitrogens with two attached hydrogens (primary N) is 2. The number of aliphatic hydroxyl groups excluding tert-OH is 1. The molecule has 14 N–H and O–H groups in total. The van der Waals surface area contributed by atoms with Crippen LogP contribution in [0.1, 0.15) is 61.7 Å². The van der Waals surface area contributed by atoms with Crippen molar-refractivity contribution in [1.29, 1.82) is 0 Å². The lowest BCUT2D eigenvalue weighted by Crippen LogP contribution is -2.33. The molecule has 0 saturated carbocycles. The molecule has 0 amide bonds. The van der Waals surface area contributed by atoms with E-state index in [1.165, 1.54) is 29.3 Å². The molecule has 15 atom stereocenters. The lowest BCUT2D eigenvalue weighted by Gasteiger charge is -2.25. The third kappa shape index (κ3) is 14.0. The molecule has 0 aliphatic carbocycles. The Morgan fingerprint density at radius 3 is 1.25 bits per heavy atom. The van der Waals surface area contributed by atoms with Gasteiger partial charge in [-0.25, -0.2) is 37.8 Å². The monoisotopic (exact) mass is 1280 g/mol. The number of ether oxygens (including phenoxy) is 4. The molecule has 45 heteroatoms. The lowest BCUT2D eigenvalue weighted by molar-refractivity contribution is -0.0629. The molecule has 41 nitrogen and oxygen atoms in total. The van der Waals surface area contributed by atoms with Gasteiger partial charge in [-0.3, -0.25) is 89.0 Å². The number of imidazole rings is 2. The van der Waals surface area contributed by atoms with Crippen LogP contribution in [0.25, 0.3) is 22.3 Å². The number of phosphoric ester groups is 4. The van der Waals surface area contributed by atoms with Crippen molar-refractivity contribution in [2.75, 3.05) is 37.9 Å². The zero-order valence-electron chi connectivity index (χ0n) is 43.7. The number of hydrogen-bond acceptors (Lipinski definition) is 28. The summed E-state index contributed by atoms with van der Waals surface area (Å²) in [7, 11) is -21.4. The molecular weight excluding hydrogens is 1230 g/mol. The van der Waals surface area contributed by atoms with Gasteiger partial charge in [0.05, 0.1) is 45.2 Å². The van der Waals surface area contributed by atoms with Crippen LogP contribution in [-0.4, -0.2) is 163 Å². The Morgan fingerprint density at radius 2 is 0.859 bits per heavy atom. The largest absolute Gasteiger partial charge is 0.472 e. The van der Waals surface area contributed by atoms with Gasteiger partial charge in [-0.1, -0.05) is 0 Å². The molecule has 10 heterocycles. The second-order valence-corrected chi connectivity index (χ2v) is 25.0. The Hall–Kier alpha value is -6.10. The molecule has 6 aromatic rings. The van der Waals surface area contributed by atoms with Crippen LogP contribution in [0.5, 0.6) is 0 Å². The molecular formula is C40H52N14O27P4. The van der Waals surface area contributed by atoms with Crippen LogP contribution in [0.15, 0.2) is 53.8 Å². The fourth-order valence-corrected chi connectivity index (χ4v) is 12.8. The highest BCUT2D eigenvalue weighted by atomic mass is 31.2. The zero-order chi connectivity index (χ0) is 61.2. The van der Waals surface area contributed by atoms with Crippen LogP contribution in [0, 0.1) is 13.8 Å². The summed E-state index contributed by atoms with van der Waals surface area (Å²) in [4.78, 5) is 152. The third-order valence-electron chi connectivity index (χ3n) is 13.6. The van der Waals surface area contributed by atoms with E-state index in [9.17, 15) is 76.6 Å². The van der Waals surface area contributed by atoms with Crippen molar-refractivity contribution < 1.29 is 98.4 Å². The molecule has 6 aromatic heterocycles. The Morgan fingerprint density at radius 1 is 0.518 bits per heavy atom. The number of aromatic nitrogens is 12. The molecule has 4 fully saturated rings. The van der Waals surface area contributed by atoms with Crippen molar-refractivity contribution in [2.24, 2.45) is 0 Å². The Labute approximate surface area is 470 Å².